The molecule has 0 aliphatic rings. The molecule has 4 N–H and O–H groups in total. The van der Waals surface area contributed by atoms with E-state index in [9.17, 15) is 9.90 Å². The molecule has 0 heterocycles. The molecule has 0 unspecified atom stereocenters. The van der Waals surface area contributed by atoms with Crippen molar-refractivity contribution in [2.45, 2.75) is 26.3 Å². The molecule has 0 fully saturated rings. The summed E-state index contributed by atoms with van der Waals surface area (Å²) in [6, 6.07) is 6.55. The van der Waals surface area contributed by atoms with E-state index in [0.29, 0.717) is 13.0 Å². The number of nitrogens with one attached hydrogen (secondary N) is 1. The topological polar surface area (TPSA) is 75.4 Å². The zero-order chi connectivity index (χ0) is 12.8. The molecule has 0 aromatic heterocycles. The molecule has 0 radical (unpaired) electrons. The first-order valence-electron chi connectivity index (χ1n) is 5.82. The van der Waals surface area contributed by atoms with E-state index in [2.05, 4.69) is 5.32 Å². The van der Waals surface area contributed by atoms with Crippen molar-refractivity contribution in [2.24, 2.45) is 11.7 Å². The number of amides is 1. The number of nitrogens with two attached hydrogens (primary N) is 1. The van der Waals surface area contributed by atoms with Gasteiger partial charge in [-0.25, -0.2) is 0 Å². The molecule has 0 bridgehead atoms. The summed E-state index contributed by atoms with van der Waals surface area (Å²) in [7, 11) is 0. The predicted molar refractivity (Wildman–Crippen MR) is 67.6 cm³/mol. The second-order valence-corrected chi connectivity index (χ2v) is 4.48. The van der Waals surface area contributed by atoms with Crippen LogP contribution in [0.15, 0.2) is 24.3 Å². The second kappa shape index (κ2) is 6.25. The molecule has 4 heteroatoms. The number of aromatic hydroxyl groups is 1. The van der Waals surface area contributed by atoms with Gasteiger partial charge in [-0.1, -0.05) is 26.0 Å². The van der Waals surface area contributed by atoms with Crippen LogP contribution in [0.5, 0.6) is 5.75 Å². The van der Waals surface area contributed by atoms with E-state index in [0.717, 1.165) is 5.56 Å². The zero-order valence-electron chi connectivity index (χ0n) is 10.3. The maximum absolute atomic E-state index is 11.6. The highest BCUT2D eigenvalue weighted by Gasteiger charge is 2.16. The van der Waals surface area contributed by atoms with E-state index in [1.165, 1.54) is 0 Å². The molecule has 1 rings (SSSR count). The first kappa shape index (κ1) is 13.5. The maximum Gasteiger partial charge on any atom is 0.237 e. The van der Waals surface area contributed by atoms with Gasteiger partial charge in [0.25, 0.3) is 0 Å². The lowest BCUT2D eigenvalue weighted by Crippen LogP contribution is -2.44. The highest BCUT2D eigenvalue weighted by Crippen LogP contribution is 2.10. The van der Waals surface area contributed by atoms with Gasteiger partial charge in [0.05, 0.1) is 6.04 Å². The summed E-state index contributed by atoms with van der Waals surface area (Å²) in [6.07, 6.45) is 0.685. The second-order valence-electron chi connectivity index (χ2n) is 4.48. The molecule has 1 aromatic rings. The van der Waals surface area contributed by atoms with Gasteiger partial charge in [-0.2, -0.15) is 0 Å². The SMILES string of the molecule is CC(C)[C@H](N)C(=O)NCCc1cccc(O)c1. The Kier molecular flexibility index (Phi) is 4.97. The lowest BCUT2D eigenvalue weighted by atomic mass is 10.0. The number of phenolic OH excluding ortho intramolecular Hbond substituents is 1. The van der Waals surface area contributed by atoms with Crippen molar-refractivity contribution < 1.29 is 9.90 Å². The fourth-order valence-corrected chi connectivity index (χ4v) is 1.46. The van der Waals surface area contributed by atoms with Crippen LogP contribution in [0.25, 0.3) is 0 Å². The first-order chi connectivity index (χ1) is 8.00. The van der Waals surface area contributed by atoms with Crippen LogP contribution in [0.4, 0.5) is 0 Å². The van der Waals surface area contributed by atoms with Crippen molar-refractivity contribution in [3.05, 3.63) is 29.8 Å². The molecule has 0 spiro atoms. The van der Waals surface area contributed by atoms with Crippen molar-refractivity contribution in [1.29, 1.82) is 0 Å². The lowest BCUT2D eigenvalue weighted by Gasteiger charge is -2.15. The average molecular weight is 236 g/mol. The number of carbonyl (C=O) groups is 1. The number of carbonyl (C=O) groups excluding carboxylic acids is 1. The molecule has 17 heavy (non-hydrogen) atoms. The van der Waals surface area contributed by atoms with Crippen LogP contribution in [0.1, 0.15) is 19.4 Å². The van der Waals surface area contributed by atoms with Crippen molar-refractivity contribution in [1.82, 2.24) is 5.32 Å². The third-order valence-electron chi connectivity index (χ3n) is 2.64. The molecule has 0 saturated heterocycles. The van der Waals surface area contributed by atoms with Gasteiger partial charge in [-0.3, -0.25) is 4.79 Å². The zero-order valence-corrected chi connectivity index (χ0v) is 10.3. The molecule has 0 saturated carbocycles. The molecule has 4 nitrogen and oxygen atoms in total. The van der Waals surface area contributed by atoms with Gasteiger partial charge < -0.3 is 16.2 Å². The van der Waals surface area contributed by atoms with Crippen molar-refractivity contribution in [3.63, 3.8) is 0 Å². The van der Waals surface area contributed by atoms with E-state index < -0.39 is 6.04 Å². The minimum absolute atomic E-state index is 0.125. The Bertz CT molecular complexity index is 377. The summed E-state index contributed by atoms with van der Waals surface area (Å²) in [5.74, 6) is 0.253. The Morgan fingerprint density at radius 1 is 1.47 bits per heavy atom. The van der Waals surface area contributed by atoms with E-state index in [1.807, 2.05) is 19.9 Å². The fourth-order valence-electron chi connectivity index (χ4n) is 1.46. The molecule has 1 atom stereocenters. The summed E-state index contributed by atoms with van der Waals surface area (Å²) in [5.41, 5.74) is 6.70. The quantitative estimate of drug-likeness (QED) is 0.715. The number of phenols is 1. The van der Waals surface area contributed by atoms with Crippen LogP contribution in [0, 0.1) is 5.92 Å². The van der Waals surface area contributed by atoms with Gasteiger partial charge in [0.2, 0.25) is 5.91 Å². The monoisotopic (exact) mass is 236 g/mol. The highest BCUT2D eigenvalue weighted by atomic mass is 16.3. The highest BCUT2D eigenvalue weighted by molar-refractivity contribution is 5.81. The van der Waals surface area contributed by atoms with Crippen LogP contribution in [-0.4, -0.2) is 23.6 Å². The largest absolute Gasteiger partial charge is 0.508 e. The van der Waals surface area contributed by atoms with Crippen molar-refractivity contribution >= 4 is 5.91 Å². The average Bonchev–Trinajstić information content (AvgIpc) is 2.27. The maximum atomic E-state index is 11.6. The van der Waals surface area contributed by atoms with Crippen LogP contribution >= 0.6 is 0 Å². The third kappa shape index (κ3) is 4.44. The molecule has 0 aliphatic heterocycles. The van der Waals surface area contributed by atoms with Gasteiger partial charge in [-0.15, -0.1) is 0 Å². The Morgan fingerprint density at radius 2 is 2.18 bits per heavy atom. The van der Waals surface area contributed by atoms with Crippen LogP contribution in [0.2, 0.25) is 0 Å². The number of hydrogen-bond acceptors (Lipinski definition) is 3. The molecule has 1 amide bonds. The van der Waals surface area contributed by atoms with Gasteiger partial charge >= 0.3 is 0 Å². The fraction of sp³-hybridized carbons (Fsp3) is 0.462. The number of hydrogen-bond donors (Lipinski definition) is 3. The molecule has 0 aliphatic carbocycles. The van der Waals surface area contributed by atoms with Crippen LogP contribution in [-0.2, 0) is 11.2 Å². The smallest absolute Gasteiger partial charge is 0.237 e. The van der Waals surface area contributed by atoms with E-state index in [4.69, 9.17) is 5.73 Å². The van der Waals surface area contributed by atoms with E-state index >= 15 is 0 Å². The van der Waals surface area contributed by atoms with E-state index in [-0.39, 0.29) is 17.6 Å². The van der Waals surface area contributed by atoms with Crippen molar-refractivity contribution in [2.75, 3.05) is 6.54 Å². The number of rotatable bonds is 5. The van der Waals surface area contributed by atoms with Gasteiger partial charge in [-0.05, 0) is 30.0 Å². The first-order valence-corrected chi connectivity index (χ1v) is 5.82. The molecule has 1 aromatic carbocycles. The summed E-state index contributed by atoms with van der Waals surface area (Å²) in [6.45, 7) is 4.36. The minimum Gasteiger partial charge on any atom is -0.508 e. The summed E-state index contributed by atoms with van der Waals surface area (Å²) in [4.78, 5) is 11.6. The summed E-state index contributed by atoms with van der Waals surface area (Å²) < 4.78 is 0. The normalized spacial score (nSPS) is 12.5. The lowest BCUT2D eigenvalue weighted by molar-refractivity contribution is -0.123. The van der Waals surface area contributed by atoms with E-state index in [1.54, 1.807) is 18.2 Å². The Balaban J connectivity index is 2.35. The third-order valence-corrected chi connectivity index (χ3v) is 2.64. The number of benzene rings is 1. The Labute approximate surface area is 102 Å². The summed E-state index contributed by atoms with van der Waals surface area (Å²) in [5, 5.41) is 12.1. The molecular formula is C13H20N2O2. The standard InChI is InChI=1S/C13H20N2O2/c1-9(2)12(14)13(17)15-7-6-10-4-3-5-11(16)8-10/h3-5,8-9,12,16H,6-7,14H2,1-2H3,(H,15,17)/t12-/m0/s1. The predicted octanol–water partition coefficient (Wildman–Crippen LogP) is 1.03. The summed E-state index contributed by atoms with van der Waals surface area (Å²) >= 11 is 0. The van der Waals surface area contributed by atoms with Crippen LogP contribution in [0.3, 0.4) is 0 Å². The Hall–Kier alpha value is -1.55. The Morgan fingerprint density at radius 3 is 2.76 bits per heavy atom. The van der Waals surface area contributed by atoms with Crippen molar-refractivity contribution in [3.8, 4) is 5.75 Å². The van der Waals surface area contributed by atoms with Gasteiger partial charge in [0, 0.05) is 6.54 Å². The van der Waals surface area contributed by atoms with Gasteiger partial charge in [0.1, 0.15) is 5.75 Å². The molecule has 94 valence electrons. The van der Waals surface area contributed by atoms with Gasteiger partial charge in [0.15, 0.2) is 0 Å². The molecular weight excluding hydrogens is 216 g/mol. The van der Waals surface area contributed by atoms with Crippen LogP contribution < -0.4 is 11.1 Å². The minimum atomic E-state index is -0.459.